The molecule has 3 aromatic heterocycles. The molecule has 0 N–H and O–H groups in total. The van der Waals surface area contributed by atoms with Gasteiger partial charge in [-0.1, -0.05) is 13.0 Å². The summed E-state index contributed by atoms with van der Waals surface area (Å²) in [7, 11) is 0. The number of hydrogen-bond acceptors (Lipinski definition) is 5. The van der Waals surface area contributed by atoms with Crippen LogP contribution in [0.3, 0.4) is 0 Å². The van der Waals surface area contributed by atoms with E-state index in [0.717, 1.165) is 34.8 Å². The molecule has 0 amide bonds. The van der Waals surface area contributed by atoms with Crippen molar-refractivity contribution in [1.29, 1.82) is 0 Å². The number of aromatic nitrogens is 5. The smallest absolute Gasteiger partial charge is 0.214 e. The molecule has 0 aliphatic carbocycles. The number of Topliss-reactive ketones (excluding diaryl/α,β-unsaturated/α-hetero) is 1. The molecule has 7 heteroatoms. The van der Waals surface area contributed by atoms with Crippen molar-refractivity contribution in [2.45, 2.75) is 40.3 Å². The lowest BCUT2D eigenvalue weighted by Gasteiger charge is -2.07. The van der Waals surface area contributed by atoms with Crippen LogP contribution in [0.25, 0.3) is 10.7 Å². The van der Waals surface area contributed by atoms with Gasteiger partial charge in [0.2, 0.25) is 5.82 Å². The van der Waals surface area contributed by atoms with Gasteiger partial charge in [-0.25, -0.2) is 0 Å². The van der Waals surface area contributed by atoms with Gasteiger partial charge in [0, 0.05) is 23.5 Å². The molecule has 3 rings (SSSR count). The highest BCUT2D eigenvalue weighted by Gasteiger charge is 2.17. The van der Waals surface area contributed by atoms with Crippen LogP contribution in [-0.2, 0) is 13.1 Å². The molecule has 3 aromatic rings. The number of thiophene rings is 1. The van der Waals surface area contributed by atoms with Crippen LogP contribution in [-0.4, -0.2) is 30.6 Å². The first-order valence-corrected chi connectivity index (χ1v) is 8.49. The lowest BCUT2D eigenvalue weighted by molar-refractivity contribution is 0.0960. The summed E-state index contributed by atoms with van der Waals surface area (Å²) >= 11 is 1.55. The topological polar surface area (TPSA) is 65.6 Å². The van der Waals surface area contributed by atoms with Gasteiger partial charge in [0.1, 0.15) is 6.54 Å². The summed E-state index contributed by atoms with van der Waals surface area (Å²) in [5.74, 6) is 0.569. The second-order valence-corrected chi connectivity index (χ2v) is 6.43. The minimum absolute atomic E-state index is 0.00980. The van der Waals surface area contributed by atoms with E-state index in [2.05, 4.69) is 26.9 Å². The Hall–Kier alpha value is -2.28. The molecule has 0 saturated carbocycles. The summed E-state index contributed by atoms with van der Waals surface area (Å²) in [6.45, 7) is 7.18. The highest BCUT2D eigenvalue weighted by atomic mass is 32.1. The van der Waals surface area contributed by atoms with Gasteiger partial charge < -0.3 is 4.57 Å². The number of tetrazole rings is 1. The minimum Gasteiger partial charge on any atom is -0.348 e. The van der Waals surface area contributed by atoms with Crippen molar-refractivity contribution >= 4 is 17.1 Å². The maximum absolute atomic E-state index is 12.6. The Morgan fingerprint density at radius 2 is 2.17 bits per heavy atom. The number of carbonyl (C=O) groups is 1. The summed E-state index contributed by atoms with van der Waals surface area (Å²) in [6, 6.07) is 5.82. The monoisotopic (exact) mass is 329 g/mol. The van der Waals surface area contributed by atoms with E-state index >= 15 is 0 Å². The normalized spacial score (nSPS) is 11.1. The van der Waals surface area contributed by atoms with E-state index in [0.29, 0.717) is 5.82 Å². The van der Waals surface area contributed by atoms with Crippen molar-refractivity contribution in [2.24, 2.45) is 0 Å². The van der Waals surface area contributed by atoms with Crippen LogP contribution in [0, 0.1) is 13.8 Å². The molecule has 0 saturated heterocycles. The Morgan fingerprint density at radius 1 is 1.35 bits per heavy atom. The molecule has 0 fully saturated rings. The molecule has 3 heterocycles. The number of carbonyl (C=O) groups excluding carboxylic acids is 1. The van der Waals surface area contributed by atoms with Crippen molar-refractivity contribution in [3.05, 3.63) is 40.5 Å². The van der Waals surface area contributed by atoms with Gasteiger partial charge >= 0.3 is 0 Å². The van der Waals surface area contributed by atoms with Gasteiger partial charge in [0.05, 0.1) is 4.88 Å². The summed E-state index contributed by atoms with van der Waals surface area (Å²) < 4.78 is 2.18. The summed E-state index contributed by atoms with van der Waals surface area (Å²) in [6.07, 6.45) is 1.04. The van der Waals surface area contributed by atoms with E-state index < -0.39 is 0 Å². The number of ketones is 1. The van der Waals surface area contributed by atoms with E-state index in [9.17, 15) is 4.79 Å². The lowest BCUT2D eigenvalue weighted by atomic mass is 10.1. The zero-order valence-electron chi connectivity index (χ0n) is 13.5. The SMILES string of the molecule is CCCn1c(C)cc(C(=O)Cn2nnc(-c3cccs3)n2)c1C. The molecule has 0 spiro atoms. The molecule has 0 aliphatic rings. The van der Waals surface area contributed by atoms with Crippen LogP contribution in [0.5, 0.6) is 0 Å². The fourth-order valence-corrected chi connectivity index (χ4v) is 3.33. The average molecular weight is 329 g/mol. The van der Waals surface area contributed by atoms with Crippen molar-refractivity contribution in [2.75, 3.05) is 0 Å². The first-order valence-electron chi connectivity index (χ1n) is 7.61. The van der Waals surface area contributed by atoms with Crippen LogP contribution in [0.15, 0.2) is 23.6 Å². The van der Waals surface area contributed by atoms with Gasteiger partial charge in [-0.05, 0) is 43.0 Å². The number of hydrogen-bond donors (Lipinski definition) is 0. The molecule has 0 atom stereocenters. The quantitative estimate of drug-likeness (QED) is 0.652. The van der Waals surface area contributed by atoms with Crippen molar-refractivity contribution in [3.63, 3.8) is 0 Å². The number of rotatable bonds is 6. The van der Waals surface area contributed by atoms with Crippen LogP contribution in [0.2, 0.25) is 0 Å². The van der Waals surface area contributed by atoms with Crippen LogP contribution in [0.4, 0.5) is 0 Å². The molecule has 0 unspecified atom stereocenters. The third-order valence-corrected chi connectivity index (χ3v) is 4.67. The second-order valence-electron chi connectivity index (χ2n) is 5.48. The Morgan fingerprint density at radius 3 is 2.87 bits per heavy atom. The van der Waals surface area contributed by atoms with E-state index in [-0.39, 0.29) is 12.3 Å². The van der Waals surface area contributed by atoms with Crippen LogP contribution >= 0.6 is 11.3 Å². The van der Waals surface area contributed by atoms with Crippen LogP contribution in [0.1, 0.15) is 35.1 Å². The zero-order chi connectivity index (χ0) is 16.4. The molecule has 6 nitrogen and oxygen atoms in total. The van der Waals surface area contributed by atoms with Gasteiger partial charge in [0.15, 0.2) is 5.78 Å². The second kappa shape index (κ2) is 6.45. The van der Waals surface area contributed by atoms with E-state index in [4.69, 9.17) is 0 Å². The molecule has 0 bridgehead atoms. The predicted octanol–water partition coefficient (Wildman–Crippen LogP) is 3.11. The lowest BCUT2D eigenvalue weighted by Crippen LogP contribution is -2.14. The molecular formula is C16H19N5OS. The highest BCUT2D eigenvalue weighted by molar-refractivity contribution is 7.13. The van der Waals surface area contributed by atoms with E-state index in [1.807, 2.05) is 37.4 Å². The summed E-state index contributed by atoms with van der Waals surface area (Å²) in [5, 5.41) is 14.3. The number of nitrogens with zero attached hydrogens (tertiary/aromatic N) is 5. The predicted molar refractivity (Wildman–Crippen MR) is 89.7 cm³/mol. The summed E-state index contributed by atoms with van der Waals surface area (Å²) in [4.78, 5) is 14.9. The standard InChI is InChI=1S/C16H19N5OS/c1-4-7-20-11(2)9-13(12(20)3)14(22)10-21-18-16(17-19-21)15-6-5-8-23-15/h5-6,8-9H,4,7,10H2,1-3H3. The van der Waals surface area contributed by atoms with Crippen LogP contribution < -0.4 is 0 Å². The number of aryl methyl sites for hydroxylation is 1. The fraction of sp³-hybridized carbons (Fsp3) is 0.375. The Balaban J connectivity index is 1.78. The van der Waals surface area contributed by atoms with Gasteiger partial charge in [0.25, 0.3) is 0 Å². The Kier molecular flexibility index (Phi) is 4.38. The molecule has 0 radical (unpaired) electrons. The van der Waals surface area contributed by atoms with E-state index in [1.165, 1.54) is 4.80 Å². The van der Waals surface area contributed by atoms with E-state index in [1.54, 1.807) is 11.3 Å². The first kappa shape index (κ1) is 15.6. The Bertz CT molecular complexity index is 816. The third-order valence-electron chi connectivity index (χ3n) is 3.80. The minimum atomic E-state index is 0.00980. The molecule has 120 valence electrons. The largest absolute Gasteiger partial charge is 0.348 e. The van der Waals surface area contributed by atoms with Crippen molar-refractivity contribution in [1.82, 2.24) is 24.8 Å². The third kappa shape index (κ3) is 3.10. The molecule has 23 heavy (non-hydrogen) atoms. The zero-order valence-corrected chi connectivity index (χ0v) is 14.3. The Labute approximate surface area is 138 Å². The van der Waals surface area contributed by atoms with Gasteiger partial charge in [-0.3, -0.25) is 4.79 Å². The van der Waals surface area contributed by atoms with Crippen molar-refractivity contribution < 1.29 is 4.79 Å². The average Bonchev–Trinajstić information content (AvgIpc) is 3.23. The molecule has 0 aromatic carbocycles. The maximum Gasteiger partial charge on any atom is 0.214 e. The van der Waals surface area contributed by atoms with Crippen molar-refractivity contribution in [3.8, 4) is 10.7 Å². The fourth-order valence-electron chi connectivity index (χ4n) is 2.68. The van der Waals surface area contributed by atoms with Gasteiger partial charge in [-0.15, -0.1) is 21.5 Å². The van der Waals surface area contributed by atoms with Gasteiger partial charge in [-0.2, -0.15) is 4.80 Å². The molecular weight excluding hydrogens is 310 g/mol. The highest BCUT2D eigenvalue weighted by Crippen LogP contribution is 2.20. The first-order chi connectivity index (χ1) is 11.1. The molecule has 0 aliphatic heterocycles. The summed E-state index contributed by atoms with van der Waals surface area (Å²) in [5.41, 5.74) is 2.86. The maximum atomic E-state index is 12.6.